The van der Waals surface area contributed by atoms with Crippen molar-refractivity contribution in [3.63, 3.8) is 0 Å². The number of carbonyl (C=O) groups excluding carboxylic acids is 2. The molecule has 1 heterocycles. The molecular weight excluding hydrogens is 342 g/mol. The zero-order valence-electron chi connectivity index (χ0n) is 15.3. The van der Waals surface area contributed by atoms with Gasteiger partial charge in [0.25, 0.3) is 0 Å². The van der Waals surface area contributed by atoms with Crippen LogP contribution in [0.3, 0.4) is 0 Å². The van der Waals surface area contributed by atoms with Crippen LogP contribution in [0.4, 0.5) is 5.69 Å². The lowest BCUT2D eigenvalue weighted by molar-refractivity contribution is -0.139. The average Bonchev–Trinajstić information content (AvgIpc) is 2.98. The molecule has 1 aliphatic rings. The highest BCUT2D eigenvalue weighted by atomic mass is 16.5. The minimum atomic E-state index is -0.703. The Balaban J connectivity index is 1.91. The number of nitrogens with one attached hydrogen (secondary N) is 1. The van der Waals surface area contributed by atoms with E-state index in [1.165, 1.54) is 5.56 Å². The number of aryl methyl sites for hydroxylation is 1. The smallest absolute Gasteiger partial charge is 0.347 e. The first-order chi connectivity index (χ1) is 13.1. The van der Waals surface area contributed by atoms with Crippen molar-refractivity contribution in [2.45, 2.75) is 20.3 Å². The SMILES string of the molecule is CCOC(=O)C1=C(Nc2ccccc2)O/C(=C\c2ccc(CC)cc2)C1=O. The Morgan fingerprint density at radius 2 is 1.78 bits per heavy atom. The van der Waals surface area contributed by atoms with Crippen molar-refractivity contribution in [1.82, 2.24) is 0 Å². The summed E-state index contributed by atoms with van der Waals surface area (Å²) in [7, 11) is 0. The number of ketones is 1. The van der Waals surface area contributed by atoms with Crippen molar-refractivity contribution < 1.29 is 19.1 Å². The highest BCUT2D eigenvalue weighted by molar-refractivity contribution is 6.26. The van der Waals surface area contributed by atoms with E-state index < -0.39 is 11.8 Å². The lowest BCUT2D eigenvalue weighted by Gasteiger charge is -2.08. The van der Waals surface area contributed by atoms with E-state index in [0.717, 1.165) is 12.0 Å². The lowest BCUT2D eigenvalue weighted by atomic mass is 10.1. The third kappa shape index (κ3) is 4.26. The van der Waals surface area contributed by atoms with Gasteiger partial charge in [0, 0.05) is 5.69 Å². The molecule has 0 radical (unpaired) electrons. The fraction of sp³-hybridized carbons (Fsp3) is 0.182. The first-order valence-corrected chi connectivity index (χ1v) is 8.89. The molecule has 138 valence electrons. The summed E-state index contributed by atoms with van der Waals surface area (Å²) in [6.45, 7) is 3.94. The summed E-state index contributed by atoms with van der Waals surface area (Å²) in [5.41, 5.74) is 2.60. The molecule has 27 heavy (non-hydrogen) atoms. The molecule has 0 atom stereocenters. The van der Waals surface area contributed by atoms with Crippen LogP contribution in [-0.2, 0) is 25.5 Å². The van der Waals surface area contributed by atoms with Gasteiger partial charge in [-0.25, -0.2) is 4.79 Å². The predicted molar refractivity (Wildman–Crippen MR) is 104 cm³/mol. The second-order valence-corrected chi connectivity index (χ2v) is 5.95. The minimum absolute atomic E-state index is 0.0840. The number of hydrogen-bond donors (Lipinski definition) is 1. The number of Topliss-reactive ketones (excluding diaryl/α,β-unsaturated/α-hetero) is 1. The summed E-state index contributed by atoms with van der Waals surface area (Å²) in [6.07, 6.45) is 2.56. The quantitative estimate of drug-likeness (QED) is 0.476. The van der Waals surface area contributed by atoms with Gasteiger partial charge in [-0.15, -0.1) is 0 Å². The number of allylic oxidation sites excluding steroid dienone is 1. The molecule has 0 spiro atoms. The van der Waals surface area contributed by atoms with E-state index in [0.29, 0.717) is 5.69 Å². The predicted octanol–water partition coefficient (Wildman–Crippen LogP) is 4.08. The van der Waals surface area contributed by atoms with Crippen molar-refractivity contribution in [2.75, 3.05) is 11.9 Å². The lowest BCUT2D eigenvalue weighted by Crippen LogP contribution is -2.16. The van der Waals surface area contributed by atoms with Crippen LogP contribution in [0.2, 0.25) is 0 Å². The molecule has 5 heteroatoms. The first kappa shape index (κ1) is 18.5. The van der Waals surface area contributed by atoms with Gasteiger partial charge in [-0.1, -0.05) is 49.4 Å². The van der Waals surface area contributed by atoms with E-state index in [1.54, 1.807) is 13.0 Å². The third-order valence-electron chi connectivity index (χ3n) is 4.09. The monoisotopic (exact) mass is 363 g/mol. The van der Waals surface area contributed by atoms with Crippen molar-refractivity contribution in [3.05, 3.63) is 82.9 Å². The van der Waals surface area contributed by atoms with Crippen LogP contribution in [0.5, 0.6) is 0 Å². The fourth-order valence-corrected chi connectivity index (χ4v) is 2.66. The number of para-hydroxylation sites is 1. The molecule has 0 saturated carbocycles. The maximum Gasteiger partial charge on any atom is 0.347 e. The van der Waals surface area contributed by atoms with Crippen molar-refractivity contribution >= 4 is 23.5 Å². The highest BCUT2D eigenvalue weighted by Crippen LogP contribution is 2.28. The van der Waals surface area contributed by atoms with Crippen molar-refractivity contribution in [2.24, 2.45) is 0 Å². The van der Waals surface area contributed by atoms with E-state index in [-0.39, 0.29) is 23.8 Å². The number of anilines is 1. The Bertz CT molecular complexity index is 896. The van der Waals surface area contributed by atoms with E-state index in [9.17, 15) is 9.59 Å². The number of hydrogen-bond acceptors (Lipinski definition) is 5. The second-order valence-electron chi connectivity index (χ2n) is 5.95. The van der Waals surface area contributed by atoms with Crippen LogP contribution in [0.15, 0.2) is 71.8 Å². The van der Waals surface area contributed by atoms with Gasteiger partial charge < -0.3 is 14.8 Å². The molecule has 1 N–H and O–H groups in total. The van der Waals surface area contributed by atoms with Gasteiger partial charge in [0.05, 0.1) is 6.61 Å². The maximum atomic E-state index is 12.8. The Labute approximate surface area is 158 Å². The Hall–Kier alpha value is -3.34. The molecule has 2 aromatic carbocycles. The summed E-state index contributed by atoms with van der Waals surface area (Å²) in [6, 6.07) is 17.0. The molecular formula is C22H21NO4. The van der Waals surface area contributed by atoms with Gasteiger partial charge >= 0.3 is 5.97 Å². The number of rotatable bonds is 6. The van der Waals surface area contributed by atoms with Gasteiger partial charge in [0.15, 0.2) is 11.3 Å². The molecule has 0 aromatic heterocycles. The molecule has 0 saturated heterocycles. The zero-order valence-corrected chi connectivity index (χ0v) is 15.3. The fourth-order valence-electron chi connectivity index (χ4n) is 2.66. The topological polar surface area (TPSA) is 64.6 Å². The first-order valence-electron chi connectivity index (χ1n) is 8.89. The van der Waals surface area contributed by atoms with E-state index in [4.69, 9.17) is 9.47 Å². The summed E-state index contributed by atoms with van der Waals surface area (Å²) in [5.74, 6) is -1.03. The molecule has 0 fully saturated rings. The van der Waals surface area contributed by atoms with E-state index in [2.05, 4.69) is 12.2 Å². The minimum Gasteiger partial charge on any atom is -0.462 e. The van der Waals surface area contributed by atoms with Crippen LogP contribution in [0.1, 0.15) is 25.0 Å². The van der Waals surface area contributed by atoms with Crippen LogP contribution in [0, 0.1) is 0 Å². The highest BCUT2D eigenvalue weighted by Gasteiger charge is 2.36. The summed E-state index contributed by atoms with van der Waals surface area (Å²) >= 11 is 0. The maximum absolute atomic E-state index is 12.8. The van der Waals surface area contributed by atoms with Crippen molar-refractivity contribution in [1.29, 1.82) is 0 Å². The largest absolute Gasteiger partial charge is 0.462 e. The second kappa shape index (κ2) is 8.36. The van der Waals surface area contributed by atoms with Crippen LogP contribution >= 0.6 is 0 Å². The Morgan fingerprint density at radius 3 is 2.41 bits per heavy atom. The summed E-state index contributed by atoms with van der Waals surface area (Å²) in [5, 5.41) is 2.99. The molecule has 3 rings (SSSR count). The van der Waals surface area contributed by atoms with E-state index in [1.807, 2.05) is 54.6 Å². The van der Waals surface area contributed by atoms with Gasteiger partial charge in [0.1, 0.15) is 0 Å². The van der Waals surface area contributed by atoms with Crippen LogP contribution in [0.25, 0.3) is 6.08 Å². The number of benzene rings is 2. The number of carbonyl (C=O) groups is 2. The Morgan fingerprint density at radius 1 is 1.07 bits per heavy atom. The Kier molecular flexibility index (Phi) is 5.71. The van der Waals surface area contributed by atoms with Gasteiger partial charge in [-0.2, -0.15) is 0 Å². The molecule has 0 amide bonds. The number of esters is 1. The summed E-state index contributed by atoms with van der Waals surface area (Å²) in [4.78, 5) is 25.0. The average molecular weight is 363 g/mol. The molecule has 0 aliphatic carbocycles. The molecule has 0 bridgehead atoms. The van der Waals surface area contributed by atoms with Crippen LogP contribution < -0.4 is 5.32 Å². The van der Waals surface area contributed by atoms with E-state index >= 15 is 0 Å². The molecule has 1 aliphatic heterocycles. The third-order valence-corrected chi connectivity index (χ3v) is 4.09. The normalized spacial score (nSPS) is 15.0. The standard InChI is InChI=1S/C22H21NO4/c1-3-15-10-12-16(13-11-15)14-18-20(24)19(22(25)26-4-2)21(27-18)23-17-8-6-5-7-9-17/h5-14,23H,3-4H2,1-2H3/b18-14-. The molecule has 0 unspecified atom stereocenters. The number of ether oxygens (including phenoxy) is 2. The van der Waals surface area contributed by atoms with Gasteiger partial charge in [-0.3, -0.25) is 4.79 Å². The van der Waals surface area contributed by atoms with Crippen molar-refractivity contribution in [3.8, 4) is 0 Å². The summed E-state index contributed by atoms with van der Waals surface area (Å²) < 4.78 is 10.7. The molecule has 5 nitrogen and oxygen atoms in total. The zero-order chi connectivity index (χ0) is 19.2. The van der Waals surface area contributed by atoms with Crippen LogP contribution in [-0.4, -0.2) is 18.4 Å². The van der Waals surface area contributed by atoms with Gasteiger partial charge in [-0.05, 0) is 42.7 Å². The van der Waals surface area contributed by atoms with Gasteiger partial charge in [0.2, 0.25) is 11.7 Å². The molecule has 2 aromatic rings.